The van der Waals surface area contributed by atoms with E-state index in [4.69, 9.17) is 0 Å². The maximum atomic E-state index is 10.2. The summed E-state index contributed by atoms with van der Waals surface area (Å²) < 4.78 is 0. The molecule has 0 saturated heterocycles. The van der Waals surface area contributed by atoms with Gasteiger partial charge in [-0.25, -0.2) is 0 Å². The van der Waals surface area contributed by atoms with E-state index >= 15 is 0 Å². The van der Waals surface area contributed by atoms with Crippen molar-refractivity contribution in [1.29, 1.82) is 0 Å². The van der Waals surface area contributed by atoms with Crippen LogP contribution >= 0.6 is 0 Å². The number of benzene rings is 3. The molecule has 2 atom stereocenters. The lowest BCUT2D eigenvalue weighted by atomic mass is 9.88. The van der Waals surface area contributed by atoms with Gasteiger partial charge in [0.2, 0.25) is 0 Å². The second kappa shape index (κ2) is 8.51. The highest BCUT2D eigenvalue weighted by atomic mass is 16.3. The van der Waals surface area contributed by atoms with E-state index in [0.717, 1.165) is 25.9 Å². The summed E-state index contributed by atoms with van der Waals surface area (Å²) in [5.41, 5.74) is 5.49. The topological polar surface area (TPSA) is 23.5 Å². The van der Waals surface area contributed by atoms with Gasteiger partial charge in [0.1, 0.15) is 0 Å². The van der Waals surface area contributed by atoms with Crippen LogP contribution in [0.25, 0.3) is 0 Å². The van der Waals surface area contributed by atoms with Crippen LogP contribution < -0.4 is 0 Å². The third-order valence-electron chi connectivity index (χ3n) is 5.74. The van der Waals surface area contributed by atoms with Gasteiger partial charge in [0.05, 0.1) is 12.6 Å². The van der Waals surface area contributed by atoms with E-state index in [-0.39, 0.29) is 12.6 Å². The van der Waals surface area contributed by atoms with Crippen LogP contribution in [0.15, 0.2) is 84.9 Å². The van der Waals surface area contributed by atoms with Crippen molar-refractivity contribution in [3.8, 4) is 0 Å². The Morgan fingerprint density at radius 1 is 0.852 bits per heavy atom. The molecule has 2 nitrogen and oxygen atoms in total. The molecule has 1 aliphatic heterocycles. The van der Waals surface area contributed by atoms with Gasteiger partial charge < -0.3 is 5.11 Å². The Morgan fingerprint density at radius 2 is 1.52 bits per heavy atom. The minimum absolute atomic E-state index is 0.0544. The molecule has 1 aliphatic rings. The smallest absolute Gasteiger partial charge is 0.0628 e. The monoisotopic (exact) mass is 357 g/mol. The molecule has 4 rings (SSSR count). The fourth-order valence-corrected chi connectivity index (χ4v) is 4.36. The third kappa shape index (κ3) is 4.13. The minimum Gasteiger partial charge on any atom is -0.394 e. The van der Waals surface area contributed by atoms with Crippen molar-refractivity contribution in [2.45, 2.75) is 24.8 Å². The zero-order valence-corrected chi connectivity index (χ0v) is 15.7. The molecule has 0 spiro atoms. The number of rotatable bonds is 5. The summed E-state index contributed by atoms with van der Waals surface area (Å²) in [5, 5.41) is 10.2. The first-order valence-electron chi connectivity index (χ1n) is 9.86. The standard InChI is InChI=1S/C25H27NO/c27-19-25(22-12-5-2-6-13-22)26-16-15-21-11-7-8-14-24(21)23(18-26)17-20-9-3-1-4-10-20/h1-14,23,25,27H,15-19H2/t23-,25-/m1/s1. The van der Waals surface area contributed by atoms with Gasteiger partial charge in [-0.15, -0.1) is 0 Å². The summed E-state index contributed by atoms with van der Waals surface area (Å²) in [6.07, 6.45) is 2.06. The molecule has 1 N–H and O–H groups in total. The van der Waals surface area contributed by atoms with Gasteiger partial charge in [-0.05, 0) is 35.1 Å². The van der Waals surface area contributed by atoms with Crippen molar-refractivity contribution >= 4 is 0 Å². The predicted molar refractivity (Wildman–Crippen MR) is 111 cm³/mol. The molecular weight excluding hydrogens is 330 g/mol. The molecule has 27 heavy (non-hydrogen) atoms. The lowest BCUT2D eigenvalue weighted by Crippen LogP contribution is -2.35. The molecule has 1 heterocycles. The summed E-state index contributed by atoms with van der Waals surface area (Å²) >= 11 is 0. The van der Waals surface area contributed by atoms with Crippen molar-refractivity contribution in [3.63, 3.8) is 0 Å². The predicted octanol–water partition coefficient (Wildman–Crippen LogP) is 4.60. The quantitative estimate of drug-likeness (QED) is 0.721. The molecule has 3 aromatic carbocycles. The Morgan fingerprint density at radius 3 is 2.26 bits per heavy atom. The van der Waals surface area contributed by atoms with E-state index in [1.54, 1.807) is 0 Å². The largest absolute Gasteiger partial charge is 0.394 e. The lowest BCUT2D eigenvalue weighted by Gasteiger charge is -2.32. The highest BCUT2D eigenvalue weighted by Gasteiger charge is 2.28. The number of hydrogen-bond acceptors (Lipinski definition) is 2. The minimum atomic E-state index is 0.0544. The van der Waals surface area contributed by atoms with E-state index in [9.17, 15) is 5.11 Å². The normalized spacial score (nSPS) is 18.5. The van der Waals surface area contributed by atoms with Crippen molar-refractivity contribution in [2.75, 3.05) is 19.7 Å². The van der Waals surface area contributed by atoms with Gasteiger partial charge in [-0.3, -0.25) is 4.90 Å². The number of aliphatic hydroxyl groups excluding tert-OH is 1. The third-order valence-corrected chi connectivity index (χ3v) is 5.74. The van der Waals surface area contributed by atoms with Gasteiger partial charge >= 0.3 is 0 Å². The van der Waals surface area contributed by atoms with Gasteiger partial charge in [0.15, 0.2) is 0 Å². The Labute approximate surface area is 162 Å². The maximum Gasteiger partial charge on any atom is 0.0628 e. The molecule has 0 radical (unpaired) electrons. The fraction of sp³-hybridized carbons (Fsp3) is 0.280. The Bertz CT molecular complexity index is 846. The molecule has 3 aromatic rings. The van der Waals surface area contributed by atoms with Crippen LogP contribution in [-0.4, -0.2) is 29.7 Å². The molecule has 0 unspecified atom stereocenters. The summed E-state index contributed by atoms with van der Waals surface area (Å²) in [6, 6.07) is 30.1. The van der Waals surface area contributed by atoms with Crippen LogP contribution in [0.1, 0.15) is 34.2 Å². The van der Waals surface area contributed by atoms with E-state index in [2.05, 4.69) is 83.8 Å². The van der Waals surface area contributed by atoms with Gasteiger partial charge in [-0.1, -0.05) is 84.9 Å². The van der Waals surface area contributed by atoms with Crippen LogP contribution in [-0.2, 0) is 12.8 Å². The van der Waals surface area contributed by atoms with Crippen LogP contribution in [0.2, 0.25) is 0 Å². The molecule has 138 valence electrons. The number of fused-ring (bicyclic) bond motifs is 1. The van der Waals surface area contributed by atoms with Crippen molar-refractivity contribution in [3.05, 3.63) is 107 Å². The average Bonchev–Trinajstić information content (AvgIpc) is 2.90. The van der Waals surface area contributed by atoms with E-state index in [0.29, 0.717) is 5.92 Å². The Kier molecular flexibility index (Phi) is 5.66. The summed E-state index contributed by atoms with van der Waals surface area (Å²) in [7, 11) is 0. The zero-order chi connectivity index (χ0) is 18.5. The molecule has 0 aromatic heterocycles. The van der Waals surface area contributed by atoms with Gasteiger partial charge in [0, 0.05) is 19.0 Å². The number of hydrogen-bond donors (Lipinski definition) is 1. The Hall–Kier alpha value is -2.42. The first kappa shape index (κ1) is 18.0. The first-order chi connectivity index (χ1) is 13.3. The van der Waals surface area contributed by atoms with Crippen LogP contribution in [0, 0.1) is 0 Å². The van der Waals surface area contributed by atoms with Crippen LogP contribution in [0.4, 0.5) is 0 Å². The SMILES string of the molecule is OC[C@H](c1ccccc1)N1CCc2ccccc2[C@H](Cc2ccccc2)C1. The average molecular weight is 357 g/mol. The molecular formula is C25H27NO. The second-order valence-electron chi connectivity index (χ2n) is 7.44. The molecule has 2 heteroatoms. The Balaban J connectivity index is 1.65. The molecule has 0 aliphatic carbocycles. The van der Waals surface area contributed by atoms with E-state index < -0.39 is 0 Å². The van der Waals surface area contributed by atoms with E-state index in [1.807, 2.05) is 6.07 Å². The lowest BCUT2D eigenvalue weighted by molar-refractivity contribution is 0.120. The highest BCUT2D eigenvalue weighted by molar-refractivity contribution is 5.34. The van der Waals surface area contributed by atoms with Crippen LogP contribution in [0.5, 0.6) is 0 Å². The van der Waals surface area contributed by atoms with Crippen molar-refractivity contribution < 1.29 is 5.11 Å². The zero-order valence-electron chi connectivity index (χ0n) is 15.7. The molecule has 0 saturated carbocycles. The van der Waals surface area contributed by atoms with Gasteiger partial charge in [-0.2, -0.15) is 0 Å². The van der Waals surface area contributed by atoms with Gasteiger partial charge in [0.25, 0.3) is 0 Å². The second-order valence-corrected chi connectivity index (χ2v) is 7.44. The number of nitrogens with zero attached hydrogens (tertiary/aromatic N) is 1. The molecule has 0 fully saturated rings. The van der Waals surface area contributed by atoms with Crippen molar-refractivity contribution in [1.82, 2.24) is 4.90 Å². The first-order valence-corrected chi connectivity index (χ1v) is 9.86. The fourth-order valence-electron chi connectivity index (χ4n) is 4.36. The summed E-state index contributed by atoms with van der Waals surface area (Å²) in [5.74, 6) is 0.434. The highest BCUT2D eigenvalue weighted by Crippen LogP contribution is 2.32. The van der Waals surface area contributed by atoms with Crippen molar-refractivity contribution in [2.24, 2.45) is 0 Å². The number of aliphatic hydroxyl groups is 1. The summed E-state index contributed by atoms with van der Waals surface area (Å²) in [6.45, 7) is 2.09. The van der Waals surface area contributed by atoms with Crippen LogP contribution in [0.3, 0.4) is 0 Å². The summed E-state index contributed by atoms with van der Waals surface area (Å²) in [4.78, 5) is 2.48. The van der Waals surface area contributed by atoms with E-state index in [1.165, 1.54) is 22.3 Å². The molecule has 0 bridgehead atoms. The molecule has 0 amide bonds. The maximum absolute atomic E-state index is 10.2.